The Morgan fingerprint density at radius 1 is 0.765 bits per heavy atom. The Labute approximate surface area is 99.8 Å². The lowest BCUT2D eigenvalue weighted by molar-refractivity contribution is 0.474. The molecular weight excluding hydrogens is 212 g/mol. The van der Waals surface area contributed by atoms with E-state index in [1.165, 1.54) is 6.21 Å². The second-order valence-corrected chi connectivity index (χ2v) is 3.46. The molecule has 0 aliphatic heterocycles. The Hall–Kier alpha value is -2.42. The minimum Gasteiger partial charge on any atom is -0.507 e. The first-order chi connectivity index (χ1) is 8.36. The minimum atomic E-state index is 0.200. The highest BCUT2D eigenvalue weighted by atomic mass is 16.3. The van der Waals surface area contributed by atoms with Crippen molar-refractivity contribution in [3.63, 3.8) is 0 Å². The van der Waals surface area contributed by atoms with Crippen LogP contribution < -0.4 is 0 Å². The van der Waals surface area contributed by atoms with Crippen molar-refractivity contribution in [1.82, 2.24) is 0 Å². The van der Waals surface area contributed by atoms with Gasteiger partial charge in [-0.15, -0.1) is 0 Å². The molecule has 1 N–H and O–H groups in total. The van der Waals surface area contributed by atoms with Gasteiger partial charge < -0.3 is 5.11 Å². The number of aromatic hydroxyl groups is 1. The molecule has 0 bridgehead atoms. The SMILES string of the molecule is Oc1ccccc1/C=N/N=C/c1ccccc1. The number of hydrogen-bond donors (Lipinski definition) is 1. The summed E-state index contributed by atoms with van der Waals surface area (Å²) in [5.41, 5.74) is 1.64. The quantitative estimate of drug-likeness (QED) is 0.632. The van der Waals surface area contributed by atoms with E-state index in [9.17, 15) is 5.11 Å². The summed E-state index contributed by atoms with van der Waals surface area (Å²) >= 11 is 0. The second-order valence-electron chi connectivity index (χ2n) is 3.46. The zero-order valence-electron chi connectivity index (χ0n) is 9.19. The van der Waals surface area contributed by atoms with E-state index in [1.807, 2.05) is 36.4 Å². The third-order valence-corrected chi connectivity index (χ3v) is 2.21. The first-order valence-electron chi connectivity index (χ1n) is 5.26. The standard InChI is InChI=1S/C14H12N2O/c17-14-9-5-4-8-13(14)11-16-15-10-12-6-2-1-3-7-12/h1-11,17H/b15-10+,16-11+. The molecule has 0 amide bonds. The molecule has 0 saturated heterocycles. The van der Waals surface area contributed by atoms with Gasteiger partial charge in [-0.3, -0.25) is 0 Å². The zero-order valence-corrected chi connectivity index (χ0v) is 9.19. The molecule has 0 heterocycles. The number of para-hydroxylation sites is 1. The molecule has 0 aliphatic rings. The lowest BCUT2D eigenvalue weighted by Crippen LogP contribution is -1.81. The average Bonchev–Trinajstić information content (AvgIpc) is 2.38. The van der Waals surface area contributed by atoms with E-state index in [4.69, 9.17) is 0 Å². The molecular formula is C14H12N2O. The van der Waals surface area contributed by atoms with Crippen molar-refractivity contribution >= 4 is 12.4 Å². The average molecular weight is 224 g/mol. The highest BCUT2D eigenvalue weighted by Crippen LogP contribution is 2.12. The summed E-state index contributed by atoms with van der Waals surface area (Å²) in [6, 6.07) is 16.7. The summed E-state index contributed by atoms with van der Waals surface area (Å²) in [5, 5.41) is 17.3. The Kier molecular flexibility index (Phi) is 3.65. The molecule has 17 heavy (non-hydrogen) atoms. The van der Waals surface area contributed by atoms with E-state index in [2.05, 4.69) is 10.2 Å². The van der Waals surface area contributed by atoms with Crippen LogP contribution in [-0.2, 0) is 0 Å². The molecule has 3 heteroatoms. The lowest BCUT2D eigenvalue weighted by atomic mass is 10.2. The smallest absolute Gasteiger partial charge is 0.124 e. The maximum atomic E-state index is 9.48. The Morgan fingerprint density at radius 3 is 2.18 bits per heavy atom. The van der Waals surface area contributed by atoms with Crippen molar-refractivity contribution in [1.29, 1.82) is 0 Å². The number of hydrogen-bond acceptors (Lipinski definition) is 3. The summed E-state index contributed by atoms with van der Waals surface area (Å²) in [6.45, 7) is 0. The normalized spacial score (nSPS) is 11.3. The van der Waals surface area contributed by atoms with Gasteiger partial charge >= 0.3 is 0 Å². The van der Waals surface area contributed by atoms with Gasteiger partial charge in [0.2, 0.25) is 0 Å². The highest BCUT2D eigenvalue weighted by Gasteiger charge is 1.93. The molecule has 0 atom stereocenters. The molecule has 0 aliphatic carbocycles. The number of nitrogens with zero attached hydrogens (tertiary/aromatic N) is 2. The number of phenols is 1. The van der Waals surface area contributed by atoms with Gasteiger partial charge in [0.05, 0.1) is 12.4 Å². The van der Waals surface area contributed by atoms with Crippen LogP contribution in [-0.4, -0.2) is 17.5 Å². The third-order valence-electron chi connectivity index (χ3n) is 2.21. The third kappa shape index (κ3) is 3.28. The summed E-state index contributed by atoms with van der Waals surface area (Å²) in [6.07, 6.45) is 3.19. The summed E-state index contributed by atoms with van der Waals surface area (Å²) in [4.78, 5) is 0. The molecule has 0 unspecified atom stereocenters. The molecule has 2 rings (SSSR count). The molecule has 84 valence electrons. The van der Waals surface area contributed by atoms with E-state index < -0.39 is 0 Å². The Morgan fingerprint density at radius 2 is 1.41 bits per heavy atom. The fourth-order valence-corrected chi connectivity index (χ4v) is 1.33. The molecule has 0 spiro atoms. The maximum absolute atomic E-state index is 9.48. The van der Waals surface area contributed by atoms with Gasteiger partial charge in [0.15, 0.2) is 0 Å². The van der Waals surface area contributed by atoms with Gasteiger partial charge in [-0.2, -0.15) is 10.2 Å². The van der Waals surface area contributed by atoms with Crippen LogP contribution in [0, 0.1) is 0 Å². The molecule has 3 nitrogen and oxygen atoms in total. The molecule has 0 saturated carbocycles. The highest BCUT2D eigenvalue weighted by molar-refractivity contribution is 5.84. The van der Waals surface area contributed by atoms with Crippen molar-refractivity contribution in [3.8, 4) is 5.75 Å². The monoisotopic (exact) mass is 224 g/mol. The van der Waals surface area contributed by atoms with E-state index in [0.29, 0.717) is 5.56 Å². The van der Waals surface area contributed by atoms with Crippen LogP contribution in [0.3, 0.4) is 0 Å². The number of rotatable bonds is 3. The van der Waals surface area contributed by atoms with Crippen molar-refractivity contribution in [2.24, 2.45) is 10.2 Å². The maximum Gasteiger partial charge on any atom is 0.124 e. The predicted octanol–water partition coefficient (Wildman–Crippen LogP) is 2.85. The van der Waals surface area contributed by atoms with Crippen LogP contribution in [0.2, 0.25) is 0 Å². The Bertz CT molecular complexity index is 533. The van der Waals surface area contributed by atoms with Crippen molar-refractivity contribution in [2.75, 3.05) is 0 Å². The van der Waals surface area contributed by atoms with Gasteiger partial charge in [-0.05, 0) is 17.7 Å². The van der Waals surface area contributed by atoms with E-state index >= 15 is 0 Å². The van der Waals surface area contributed by atoms with Crippen molar-refractivity contribution < 1.29 is 5.11 Å². The molecule has 0 fully saturated rings. The van der Waals surface area contributed by atoms with E-state index in [1.54, 1.807) is 24.4 Å². The van der Waals surface area contributed by atoms with Gasteiger partial charge in [0.1, 0.15) is 5.75 Å². The van der Waals surface area contributed by atoms with Gasteiger partial charge in [-0.1, -0.05) is 42.5 Å². The van der Waals surface area contributed by atoms with Crippen LogP contribution in [0.25, 0.3) is 0 Å². The fourth-order valence-electron chi connectivity index (χ4n) is 1.33. The molecule has 2 aromatic rings. The molecule has 0 radical (unpaired) electrons. The van der Waals surface area contributed by atoms with Gasteiger partial charge in [-0.25, -0.2) is 0 Å². The summed E-state index contributed by atoms with van der Waals surface area (Å²) < 4.78 is 0. The molecule has 0 aromatic heterocycles. The predicted molar refractivity (Wildman–Crippen MR) is 69.7 cm³/mol. The van der Waals surface area contributed by atoms with Gasteiger partial charge in [0.25, 0.3) is 0 Å². The van der Waals surface area contributed by atoms with E-state index in [0.717, 1.165) is 5.56 Å². The zero-order chi connectivity index (χ0) is 11.9. The summed E-state index contributed by atoms with van der Waals surface area (Å²) in [7, 11) is 0. The minimum absolute atomic E-state index is 0.200. The lowest BCUT2D eigenvalue weighted by Gasteiger charge is -1.94. The van der Waals surface area contributed by atoms with Crippen LogP contribution in [0.1, 0.15) is 11.1 Å². The van der Waals surface area contributed by atoms with Crippen LogP contribution in [0.4, 0.5) is 0 Å². The summed E-state index contributed by atoms with van der Waals surface area (Å²) in [5.74, 6) is 0.200. The number of benzene rings is 2. The fraction of sp³-hybridized carbons (Fsp3) is 0. The Balaban J connectivity index is 2.04. The second kappa shape index (κ2) is 5.61. The van der Waals surface area contributed by atoms with Crippen molar-refractivity contribution in [3.05, 3.63) is 65.7 Å². The topological polar surface area (TPSA) is 45.0 Å². The van der Waals surface area contributed by atoms with Crippen LogP contribution in [0.15, 0.2) is 64.8 Å². The first kappa shape index (κ1) is 11.1. The largest absolute Gasteiger partial charge is 0.507 e. The first-order valence-corrected chi connectivity index (χ1v) is 5.26. The van der Waals surface area contributed by atoms with Crippen LogP contribution >= 0.6 is 0 Å². The van der Waals surface area contributed by atoms with Gasteiger partial charge in [0, 0.05) is 5.56 Å². The van der Waals surface area contributed by atoms with Crippen LogP contribution in [0.5, 0.6) is 5.75 Å². The van der Waals surface area contributed by atoms with Crippen molar-refractivity contribution in [2.45, 2.75) is 0 Å². The number of phenolic OH excluding ortho intramolecular Hbond substituents is 1. The molecule has 2 aromatic carbocycles. The van der Waals surface area contributed by atoms with E-state index in [-0.39, 0.29) is 5.75 Å².